The third-order valence-corrected chi connectivity index (χ3v) is 6.77. The number of hydrogen-bond donors (Lipinski definition) is 0. The Hall–Kier alpha value is -3.07. The van der Waals surface area contributed by atoms with Crippen molar-refractivity contribution in [2.75, 3.05) is 0 Å². The Labute approximate surface area is 218 Å². The van der Waals surface area contributed by atoms with Crippen molar-refractivity contribution in [2.24, 2.45) is 0 Å². The summed E-state index contributed by atoms with van der Waals surface area (Å²) in [5, 5.41) is 0. The molecule has 0 unspecified atom stereocenters. The molecule has 0 aliphatic rings. The van der Waals surface area contributed by atoms with Gasteiger partial charge in [0.25, 0.3) is 0 Å². The van der Waals surface area contributed by atoms with Crippen LogP contribution < -0.4 is 0 Å². The van der Waals surface area contributed by atoms with E-state index in [4.69, 9.17) is 0 Å². The van der Waals surface area contributed by atoms with E-state index in [0.717, 1.165) is 60.4 Å². The lowest BCUT2D eigenvalue weighted by Gasteiger charge is -2.09. The predicted molar refractivity (Wildman–Crippen MR) is 139 cm³/mol. The first-order valence-electron chi connectivity index (χ1n) is 11.1. The van der Waals surface area contributed by atoms with Gasteiger partial charge in [0, 0.05) is 16.7 Å². The second-order valence-corrected chi connectivity index (χ2v) is 9.30. The summed E-state index contributed by atoms with van der Waals surface area (Å²) in [6, 6.07) is 16.0. The molecule has 0 fully saturated rings. The van der Waals surface area contributed by atoms with Gasteiger partial charge in [-0.05, 0) is 81.6 Å². The van der Waals surface area contributed by atoms with Crippen LogP contribution in [0.3, 0.4) is 0 Å². The molecular formula is C29H19F6I. The zero-order chi connectivity index (χ0) is 26.0. The van der Waals surface area contributed by atoms with Crippen LogP contribution >= 0.6 is 22.6 Å². The molecule has 0 saturated carbocycles. The Bertz CT molecular complexity index is 1430. The van der Waals surface area contributed by atoms with E-state index in [1.165, 1.54) is 28.7 Å². The Kier molecular flexibility index (Phi) is 7.88. The van der Waals surface area contributed by atoms with E-state index in [1.54, 1.807) is 0 Å². The molecule has 184 valence electrons. The first-order valence-corrected chi connectivity index (χ1v) is 12.2. The third-order valence-electron chi connectivity index (χ3n) is 5.74. The van der Waals surface area contributed by atoms with Gasteiger partial charge in [-0.3, -0.25) is 0 Å². The molecule has 7 heteroatoms. The van der Waals surface area contributed by atoms with E-state index >= 15 is 0 Å². The van der Waals surface area contributed by atoms with Crippen molar-refractivity contribution in [3.05, 3.63) is 116 Å². The van der Waals surface area contributed by atoms with Gasteiger partial charge in [0.1, 0.15) is 23.3 Å². The number of rotatable bonds is 6. The fourth-order valence-corrected chi connectivity index (χ4v) is 4.18. The average molecular weight is 608 g/mol. The van der Waals surface area contributed by atoms with Crippen molar-refractivity contribution < 1.29 is 26.3 Å². The van der Waals surface area contributed by atoms with E-state index in [9.17, 15) is 26.3 Å². The van der Waals surface area contributed by atoms with Crippen LogP contribution in [0.25, 0.3) is 33.9 Å². The summed E-state index contributed by atoms with van der Waals surface area (Å²) in [4.78, 5) is 0. The van der Waals surface area contributed by atoms with Crippen LogP contribution in [0.5, 0.6) is 0 Å². The Morgan fingerprint density at radius 2 is 1.25 bits per heavy atom. The minimum Gasteiger partial charge on any atom is -0.206 e. The van der Waals surface area contributed by atoms with Crippen molar-refractivity contribution >= 4 is 34.2 Å². The molecule has 0 aliphatic carbocycles. The van der Waals surface area contributed by atoms with Gasteiger partial charge in [-0.15, -0.1) is 0 Å². The molecule has 0 radical (unpaired) electrons. The van der Waals surface area contributed by atoms with Gasteiger partial charge >= 0.3 is 0 Å². The molecule has 4 aromatic carbocycles. The highest BCUT2D eigenvalue weighted by molar-refractivity contribution is 14.1. The molecule has 4 aromatic rings. The summed E-state index contributed by atoms with van der Waals surface area (Å²) >= 11 is 1.48. The summed E-state index contributed by atoms with van der Waals surface area (Å²) in [6.07, 6.45) is 1.91. The Morgan fingerprint density at radius 1 is 0.639 bits per heavy atom. The highest BCUT2D eigenvalue weighted by Gasteiger charge is 2.19. The van der Waals surface area contributed by atoms with Gasteiger partial charge in [0.2, 0.25) is 0 Å². The zero-order valence-electron chi connectivity index (χ0n) is 19.0. The molecule has 0 N–H and O–H groups in total. The van der Waals surface area contributed by atoms with E-state index in [-0.39, 0.29) is 14.7 Å². The second-order valence-electron chi connectivity index (χ2n) is 8.22. The van der Waals surface area contributed by atoms with Crippen LogP contribution in [0.2, 0.25) is 0 Å². The highest BCUT2D eigenvalue weighted by Crippen LogP contribution is 2.35. The number of hydrogen-bond acceptors (Lipinski definition) is 0. The maximum atomic E-state index is 14.9. The number of benzene rings is 4. The highest BCUT2D eigenvalue weighted by atomic mass is 127. The van der Waals surface area contributed by atoms with Gasteiger partial charge in [-0.1, -0.05) is 55.8 Å². The van der Waals surface area contributed by atoms with Gasteiger partial charge in [0.05, 0.1) is 3.57 Å². The van der Waals surface area contributed by atoms with E-state index in [2.05, 4.69) is 6.92 Å². The van der Waals surface area contributed by atoms with Gasteiger partial charge < -0.3 is 0 Å². The smallest absolute Gasteiger partial charge is 0.169 e. The largest absolute Gasteiger partial charge is 0.206 e. The standard InChI is InChI=1S/C29H19F6I/c1-2-3-16-4-6-17(7-5-16)18-8-11-22(24(31)12-18)28(35)27(34)19-9-10-21(23(30)13-19)20-14-25(32)29(36)26(33)15-20/h4-15H,2-3H2,1H3/b28-27+. The topological polar surface area (TPSA) is 0 Å². The van der Waals surface area contributed by atoms with Crippen molar-refractivity contribution in [1.82, 2.24) is 0 Å². The SMILES string of the molecule is CCCc1ccc(-c2ccc(/C(F)=C(\F)c3ccc(-c4cc(F)c(I)c(F)c4)c(F)c3)c(F)c2)cc1. The molecule has 0 spiro atoms. The molecule has 0 saturated heterocycles. The van der Waals surface area contributed by atoms with Crippen LogP contribution in [0.15, 0.2) is 72.8 Å². The minimum atomic E-state index is -1.49. The van der Waals surface area contributed by atoms with E-state index < -0.39 is 46.0 Å². The maximum Gasteiger partial charge on any atom is 0.169 e. The molecule has 0 atom stereocenters. The van der Waals surface area contributed by atoms with Gasteiger partial charge in [0.15, 0.2) is 11.7 Å². The summed E-state index contributed by atoms with van der Waals surface area (Å²) in [5.41, 5.74) is 1.00. The van der Waals surface area contributed by atoms with Gasteiger partial charge in [-0.2, -0.15) is 0 Å². The zero-order valence-corrected chi connectivity index (χ0v) is 21.1. The third kappa shape index (κ3) is 5.36. The fourth-order valence-electron chi connectivity index (χ4n) is 3.87. The predicted octanol–water partition coefficient (Wildman–Crippen LogP) is 9.90. The normalized spacial score (nSPS) is 12.0. The minimum absolute atomic E-state index is 0.0938. The quantitative estimate of drug-likeness (QED) is 0.0885. The number of aryl methyl sites for hydroxylation is 1. The summed E-state index contributed by atoms with van der Waals surface area (Å²) in [7, 11) is 0. The summed E-state index contributed by atoms with van der Waals surface area (Å²) in [5.74, 6) is -6.69. The van der Waals surface area contributed by atoms with Crippen LogP contribution in [-0.4, -0.2) is 0 Å². The van der Waals surface area contributed by atoms with Crippen molar-refractivity contribution in [3.63, 3.8) is 0 Å². The van der Waals surface area contributed by atoms with Crippen LogP contribution in [0.4, 0.5) is 26.3 Å². The summed E-state index contributed by atoms with van der Waals surface area (Å²) in [6.45, 7) is 2.07. The van der Waals surface area contributed by atoms with Crippen molar-refractivity contribution in [1.29, 1.82) is 0 Å². The molecule has 36 heavy (non-hydrogen) atoms. The van der Waals surface area contributed by atoms with E-state index in [1.807, 2.05) is 24.3 Å². The lowest BCUT2D eigenvalue weighted by atomic mass is 9.99. The molecule has 0 aliphatic heterocycles. The molecule has 4 rings (SSSR count). The first-order chi connectivity index (χ1) is 17.2. The maximum absolute atomic E-state index is 14.9. The van der Waals surface area contributed by atoms with Crippen molar-refractivity contribution in [3.8, 4) is 22.3 Å². The Balaban J connectivity index is 1.64. The van der Waals surface area contributed by atoms with E-state index in [0.29, 0.717) is 11.6 Å². The summed E-state index contributed by atoms with van der Waals surface area (Å²) < 4.78 is 86.7. The monoisotopic (exact) mass is 608 g/mol. The van der Waals surface area contributed by atoms with Crippen LogP contribution in [0, 0.1) is 26.8 Å². The molecule has 0 amide bonds. The van der Waals surface area contributed by atoms with Crippen LogP contribution in [-0.2, 0) is 6.42 Å². The Morgan fingerprint density at radius 3 is 1.83 bits per heavy atom. The fraction of sp³-hybridized carbons (Fsp3) is 0.103. The van der Waals surface area contributed by atoms with Crippen LogP contribution in [0.1, 0.15) is 30.0 Å². The average Bonchev–Trinajstić information content (AvgIpc) is 2.86. The molecule has 0 heterocycles. The lowest BCUT2D eigenvalue weighted by molar-refractivity contribution is 0.570. The number of halogens is 7. The molecular weight excluding hydrogens is 589 g/mol. The lowest BCUT2D eigenvalue weighted by Crippen LogP contribution is -1.94. The molecule has 0 bridgehead atoms. The van der Waals surface area contributed by atoms with Gasteiger partial charge in [-0.25, -0.2) is 26.3 Å². The first kappa shape index (κ1) is 26.0. The van der Waals surface area contributed by atoms with Crippen molar-refractivity contribution in [2.45, 2.75) is 19.8 Å². The molecule has 0 nitrogen and oxygen atoms in total. The second kappa shape index (κ2) is 10.9. The molecule has 0 aromatic heterocycles.